The van der Waals surface area contributed by atoms with Crippen LogP contribution in [0.2, 0.25) is 5.02 Å². The number of ether oxygens (including phenoxy) is 1. The van der Waals surface area contributed by atoms with Gasteiger partial charge in [-0.1, -0.05) is 41.9 Å². The number of nitrogens with zero attached hydrogens (tertiary/aromatic N) is 2. The number of amides is 1. The zero-order chi connectivity index (χ0) is 23.6. The number of likely N-dealkylation sites (tertiary alicyclic amines) is 1. The number of rotatable bonds is 6. The molecule has 0 spiro atoms. The van der Waals surface area contributed by atoms with E-state index in [4.69, 9.17) is 16.3 Å². The summed E-state index contributed by atoms with van der Waals surface area (Å²) < 4.78 is 19.4. The van der Waals surface area contributed by atoms with Crippen molar-refractivity contribution in [3.8, 4) is 11.8 Å². The summed E-state index contributed by atoms with van der Waals surface area (Å²) in [5.41, 5.74) is 0.759. The molecule has 1 heterocycles. The summed E-state index contributed by atoms with van der Waals surface area (Å²) >= 11 is 6.07. The summed E-state index contributed by atoms with van der Waals surface area (Å²) in [4.78, 5) is 15.8. The molecule has 4 rings (SSSR count). The van der Waals surface area contributed by atoms with Gasteiger partial charge in [0.25, 0.3) is 0 Å². The zero-order valence-corrected chi connectivity index (χ0v) is 19.4. The number of carbonyl (C=O) groups excluding carboxylic acids is 1. The standard InChI is InChI=1S/C26H25ClFN3O2/c1-26(31-11-5-6-12-31,19-9-10-23(28)22(27)14-19)25(32)30-16-21-20-8-4-3-7-17(20)13-18(15-29)24(21)33-2/h3-4,7-10,13-14H,5-6,11-12,16H2,1-2H3,(H,30,32). The van der Waals surface area contributed by atoms with Gasteiger partial charge in [0, 0.05) is 12.1 Å². The highest BCUT2D eigenvalue weighted by Gasteiger charge is 2.42. The molecule has 1 aliphatic heterocycles. The van der Waals surface area contributed by atoms with Crippen molar-refractivity contribution < 1.29 is 13.9 Å². The SMILES string of the molecule is COc1c(C#N)cc2ccccc2c1CNC(=O)C(C)(c1ccc(F)c(Cl)c1)N1CCCC1. The van der Waals surface area contributed by atoms with E-state index in [0.717, 1.165) is 42.3 Å². The first-order valence-corrected chi connectivity index (χ1v) is 11.3. The van der Waals surface area contributed by atoms with Gasteiger partial charge in [0.2, 0.25) is 5.91 Å². The largest absolute Gasteiger partial charge is 0.495 e. The van der Waals surface area contributed by atoms with E-state index in [0.29, 0.717) is 16.9 Å². The lowest BCUT2D eigenvalue weighted by Gasteiger charge is -2.38. The third-order valence-electron chi connectivity index (χ3n) is 6.52. The van der Waals surface area contributed by atoms with Crippen molar-refractivity contribution in [1.29, 1.82) is 5.26 Å². The molecule has 7 heteroatoms. The normalized spacial score (nSPS) is 15.7. The van der Waals surface area contributed by atoms with Gasteiger partial charge in [-0.05, 0) is 67.4 Å². The maximum absolute atomic E-state index is 13.9. The fraction of sp³-hybridized carbons (Fsp3) is 0.308. The van der Waals surface area contributed by atoms with E-state index in [1.807, 2.05) is 31.2 Å². The van der Waals surface area contributed by atoms with E-state index in [1.54, 1.807) is 12.1 Å². The van der Waals surface area contributed by atoms with Crippen molar-refractivity contribution in [2.45, 2.75) is 31.8 Å². The molecule has 0 radical (unpaired) electrons. The lowest BCUT2D eigenvalue weighted by Crippen LogP contribution is -2.53. The van der Waals surface area contributed by atoms with Crippen LogP contribution in [0.25, 0.3) is 10.8 Å². The Hall–Kier alpha value is -3.14. The molecular weight excluding hydrogens is 441 g/mol. The van der Waals surface area contributed by atoms with Crippen LogP contribution in [0, 0.1) is 17.1 Å². The number of nitriles is 1. The molecule has 5 nitrogen and oxygen atoms in total. The van der Waals surface area contributed by atoms with Crippen molar-refractivity contribution in [2.24, 2.45) is 0 Å². The predicted octanol–water partition coefficient (Wildman–Crippen LogP) is 5.14. The molecule has 1 aliphatic rings. The Kier molecular flexibility index (Phi) is 6.55. The molecule has 0 bridgehead atoms. The van der Waals surface area contributed by atoms with E-state index in [9.17, 15) is 14.4 Å². The second-order valence-corrected chi connectivity index (χ2v) is 8.75. The van der Waals surface area contributed by atoms with Gasteiger partial charge in [0.15, 0.2) is 0 Å². The van der Waals surface area contributed by atoms with Gasteiger partial charge < -0.3 is 10.1 Å². The topological polar surface area (TPSA) is 65.4 Å². The maximum atomic E-state index is 13.9. The van der Waals surface area contributed by atoms with Crippen molar-refractivity contribution in [3.63, 3.8) is 0 Å². The van der Waals surface area contributed by atoms with E-state index >= 15 is 0 Å². The molecule has 1 unspecified atom stereocenters. The number of methoxy groups -OCH3 is 1. The summed E-state index contributed by atoms with van der Waals surface area (Å²) in [6.45, 7) is 3.54. The van der Waals surface area contributed by atoms with Crippen LogP contribution in [0.15, 0.2) is 48.5 Å². The first-order valence-electron chi connectivity index (χ1n) is 10.9. The van der Waals surface area contributed by atoms with Crippen LogP contribution in [0.5, 0.6) is 5.75 Å². The van der Waals surface area contributed by atoms with E-state index in [1.165, 1.54) is 19.2 Å². The van der Waals surface area contributed by atoms with Crippen LogP contribution in [0.1, 0.15) is 36.5 Å². The second kappa shape index (κ2) is 9.38. The molecule has 33 heavy (non-hydrogen) atoms. The van der Waals surface area contributed by atoms with E-state index < -0.39 is 11.4 Å². The molecule has 3 aromatic carbocycles. The van der Waals surface area contributed by atoms with E-state index in [-0.39, 0.29) is 17.5 Å². The Morgan fingerprint density at radius 3 is 2.64 bits per heavy atom. The third kappa shape index (κ3) is 4.15. The van der Waals surface area contributed by atoms with Gasteiger partial charge in [0.1, 0.15) is 23.2 Å². The van der Waals surface area contributed by atoms with Crippen molar-refractivity contribution >= 4 is 28.3 Å². The van der Waals surface area contributed by atoms with Gasteiger partial charge in [-0.25, -0.2) is 4.39 Å². The second-order valence-electron chi connectivity index (χ2n) is 8.35. The zero-order valence-electron chi connectivity index (χ0n) is 18.6. The fourth-order valence-corrected chi connectivity index (χ4v) is 4.84. The van der Waals surface area contributed by atoms with Gasteiger partial charge in [-0.15, -0.1) is 0 Å². The average Bonchev–Trinajstić information content (AvgIpc) is 3.38. The van der Waals surface area contributed by atoms with Gasteiger partial charge in [-0.2, -0.15) is 5.26 Å². The summed E-state index contributed by atoms with van der Waals surface area (Å²) in [5.74, 6) is -0.293. The summed E-state index contributed by atoms with van der Waals surface area (Å²) in [6, 6.07) is 16.1. The Bertz CT molecular complexity index is 1250. The monoisotopic (exact) mass is 465 g/mol. The molecule has 1 saturated heterocycles. The van der Waals surface area contributed by atoms with Crippen molar-refractivity contribution in [1.82, 2.24) is 10.2 Å². The summed E-state index contributed by atoms with van der Waals surface area (Å²) in [5, 5.41) is 14.5. The highest BCUT2D eigenvalue weighted by atomic mass is 35.5. The van der Waals surface area contributed by atoms with Crippen LogP contribution in [-0.4, -0.2) is 31.0 Å². The van der Waals surface area contributed by atoms with Gasteiger partial charge in [0.05, 0.1) is 17.7 Å². The third-order valence-corrected chi connectivity index (χ3v) is 6.81. The number of halogens is 2. The first kappa shape index (κ1) is 23.0. The highest BCUT2D eigenvalue weighted by Crippen LogP contribution is 2.35. The van der Waals surface area contributed by atoms with Crippen LogP contribution >= 0.6 is 11.6 Å². The lowest BCUT2D eigenvalue weighted by atomic mass is 9.88. The maximum Gasteiger partial charge on any atom is 0.245 e. The minimum absolute atomic E-state index is 0.0138. The minimum Gasteiger partial charge on any atom is -0.495 e. The van der Waals surface area contributed by atoms with Crippen LogP contribution < -0.4 is 10.1 Å². The molecule has 170 valence electrons. The van der Waals surface area contributed by atoms with Crippen LogP contribution in [-0.2, 0) is 16.9 Å². The number of carbonyl (C=O) groups is 1. The highest BCUT2D eigenvalue weighted by molar-refractivity contribution is 6.30. The van der Waals surface area contributed by atoms with Crippen LogP contribution in [0.3, 0.4) is 0 Å². The van der Waals surface area contributed by atoms with Crippen molar-refractivity contribution in [3.05, 3.63) is 76.1 Å². The summed E-state index contributed by atoms with van der Waals surface area (Å²) in [7, 11) is 1.52. The molecule has 1 N–H and O–H groups in total. The molecule has 0 saturated carbocycles. The number of hydrogen-bond donors (Lipinski definition) is 1. The number of hydrogen-bond acceptors (Lipinski definition) is 4. The molecule has 3 aromatic rings. The molecule has 0 aliphatic carbocycles. The molecule has 0 aromatic heterocycles. The Labute approximate surface area is 197 Å². The quantitative estimate of drug-likeness (QED) is 0.547. The van der Waals surface area contributed by atoms with Gasteiger partial charge in [-0.3, -0.25) is 9.69 Å². The smallest absolute Gasteiger partial charge is 0.245 e. The van der Waals surface area contributed by atoms with Crippen molar-refractivity contribution in [2.75, 3.05) is 20.2 Å². The number of fused-ring (bicyclic) bond motifs is 1. The number of nitrogens with one attached hydrogen (secondary N) is 1. The predicted molar refractivity (Wildman–Crippen MR) is 127 cm³/mol. The minimum atomic E-state index is -1.02. The Balaban J connectivity index is 1.72. The lowest BCUT2D eigenvalue weighted by molar-refractivity contribution is -0.133. The Morgan fingerprint density at radius 1 is 1.24 bits per heavy atom. The summed E-state index contributed by atoms with van der Waals surface area (Å²) in [6.07, 6.45) is 1.97. The van der Waals surface area contributed by atoms with Gasteiger partial charge >= 0.3 is 0 Å². The first-order chi connectivity index (χ1) is 15.9. The van der Waals surface area contributed by atoms with E-state index in [2.05, 4.69) is 16.3 Å². The average molecular weight is 466 g/mol. The molecule has 1 atom stereocenters. The molecule has 1 amide bonds. The van der Waals surface area contributed by atoms with Crippen LogP contribution in [0.4, 0.5) is 4.39 Å². The molecular formula is C26H25ClFN3O2. The fourth-order valence-electron chi connectivity index (χ4n) is 4.66. The Morgan fingerprint density at radius 2 is 1.97 bits per heavy atom. The number of benzene rings is 3. The molecule has 1 fully saturated rings.